The number of likely N-dealkylation sites (N-methyl/N-ethyl adjacent to an activating group) is 2. The molecule has 1 saturated heterocycles. The first-order valence-corrected chi connectivity index (χ1v) is 11.0. The summed E-state index contributed by atoms with van der Waals surface area (Å²) in [6.45, 7) is 1.19. The monoisotopic (exact) mass is 464 g/mol. The lowest BCUT2D eigenvalue weighted by Crippen LogP contribution is -2.35. The molecule has 0 aliphatic carbocycles. The van der Waals surface area contributed by atoms with Crippen molar-refractivity contribution < 1.29 is 18.9 Å². The standard InChI is InChI=1S/C24H28N6O4/c1-28(2)14-22(32)29(3)17-5-7-18(8-6-17)30-13-15(10-21(30)31)12-26-24(33)16-4-9-20-19(11-16)23(25)27-34-20/h4-9,11,15H,10,12-14H2,1-3H3,(H2,25,27)(H,26,33). The van der Waals surface area contributed by atoms with Crippen LogP contribution in [0.15, 0.2) is 47.0 Å². The zero-order valence-electron chi connectivity index (χ0n) is 19.4. The minimum Gasteiger partial charge on any atom is -0.380 e. The van der Waals surface area contributed by atoms with Gasteiger partial charge >= 0.3 is 0 Å². The van der Waals surface area contributed by atoms with Crippen molar-refractivity contribution >= 4 is 45.9 Å². The van der Waals surface area contributed by atoms with E-state index in [-0.39, 0.29) is 29.5 Å². The predicted octanol–water partition coefficient (Wildman–Crippen LogP) is 1.72. The Bertz CT molecular complexity index is 1220. The van der Waals surface area contributed by atoms with Gasteiger partial charge in [0, 0.05) is 49.4 Å². The second-order valence-electron chi connectivity index (χ2n) is 8.77. The Balaban J connectivity index is 1.35. The molecule has 0 spiro atoms. The van der Waals surface area contributed by atoms with Crippen molar-refractivity contribution in [1.82, 2.24) is 15.4 Å². The van der Waals surface area contributed by atoms with Gasteiger partial charge in [0.15, 0.2) is 11.4 Å². The van der Waals surface area contributed by atoms with Crippen LogP contribution < -0.4 is 20.9 Å². The molecular formula is C24H28N6O4. The van der Waals surface area contributed by atoms with Gasteiger partial charge in [0.2, 0.25) is 11.8 Å². The fourth-order valence-corrected chi connectivity index (χ4v) is 3.98. The van der Waals surface area contributed by atoms with Crippen molar-refractivity contribution in [2.24, 2.45) is 5.92 Å². The number of amides is 3. The molecule has 178 valence electrons. The van der Waals surface area contributed by atoms with Crippen LogP contribution in [0.4, 0.5) is 17.2 Å². The van der Waals surface area contributed by atoms with Gasteiger partial charge in [0.1, 0.15) is 0 Å². The number of anilines is 3. The smallest absolute Gasteiger partial charge is 0.251 e. The molecule has 1 atom stereocenters. The number of carbonyl (C=O) groups excluding carboxylic acids is 3. The average molecular weight is 465 g/mol. The summed E-state index contributed by atoms with van der Waals surface area (Å²) >= 11 is 0. The van der Waals surface area contributed by atoms with Crippen LogP contribution in [0, 0.1) is 5.92 Å². The molecule has 1 aromatic heterocycles. The quantitative estimate of drug-likeness (QED) is 0.545. The number of rotatable bonds is 7. The third-order valence-electron chi connectivity index (χ3n) is 5.89. The second kappa shape index (κ2) is 9.52. The number of aromatic nitrogens is 1. The Kier molecular flexibility index (Phi) is 6.51. The van der Waals surface area contributed by atoms with Crippen LogP contribution in [0.1, 0.15) is 16.8 Å². The number of benzene rings is 2. The van der Waals surface area contributed by atoms with Crippen molar-refractivity contribution in [1.29, 1.82) is 0 Å². The summed E-state index contributed by atoms with van der Waals surface area (Å²) in [7, 11) is 5.42. The molecule has 2 heterocycles. The minimum atomic E-state index is -0.247. The van der Waals surface area contributed by atoms with Crippen LogP contribution in [-0.4, -0.2) is 68.6 Å². The van der Waals surface area contributed by atoms with Crippen molar-refractivity contribution in [3.8, 4) is 0 Å². The van der Waals surface area contributed by atoms with Crippen molar-refractivity contribution in [2.75, 3.05) is 56.3 Å². The van der Waals surface area contributed by atoms with Crippen LogP contribution in [0.25, 0.3) is 11.0 Å². The molecule has 0 bridgehead atoms. The van der Waals surface area contributed by atoms with Crippen LogP contribution >= 0.6 is 0 Å². The molecule has 10 heteroatoms. The minimum absolute atomic E-state index is 0.00250. The van der Waals surface area contributed by atoms with E-state index < -0.39 is 0 Å². The maximum absolute atomic E-state index is 12.6. The lowest BCUT2D eigenvalue weighted by Gasteiger charge is -2.21. The van der Waals surface area contributed by atoms with Crippen molar-refractivity contribution in [3.63, 3.8) is 0 Å². The lowest BCUT2D eigenvalue weighted by molar-refractivity contribution is -0.119. The normalized spacial score (nSPS) is 15.8. The number of nitrogens with zero attached hydrogens (tertiary/aromatic N) is 4. The average Bonchev–Trinajstić information content (AvgIpc) is 3.38. The first kappa shape index (κ1) is 23.2. The van der Waals surface area contributed by atoms with Gasteiger partial charge in [-0.25, -0.2) is 0 Å². The van der Waals surface area contributed by atoms with Crippen LogP contribution in [0.5, 0.6) is 0 Å². The first-order chi connectivity index (χ1) is 16.2. The molecule has 34 heavy (non-hydrogen) atoms. The van der Waals surface area contributed by atoms with Gasteiger partial charge in [-0.05, 0) is 56.6 Å². The third kappa shape index (κ3) is 4.86. The molecule has 0 saturated carbocycles. The summed E-state index contributed by atoms with van der Waals surface area (Å²) in [5, 5.41) is 7.19. The summed E-state index contributed by atoms with van der Waals surface area (Å²) in [6, 6.07) is 12.3. The van der Waals surface area contributed by atoms with Crippen molar-refractivity contribution in [2.45, 2.75) is 6.42 Å². The summed E-state index contributed by atoms with van der Waals surface area (Å²) in [5.74, 6) is -0.0339. The molecule has 4 rings (SSSR count). The van der Waals surface area contributed by atoms with Gasteiger partial charge < -0.3 is 30.3 Å². The fraction of sp³-hybridized carbons (Fsp3) is 0.333. The number of hydrogen-bond donors (Lipinski definition) is 2. The fourth-order valence-electron chi connectivity index (χ4n) is 3.98. The zero-order chi connectivity index (χ0) is 24.4. The molecule has 2 aromatic carbocycles. The number of nitrogen functional groups attached to an aromatic ring is 1. The highest BCUT2D eigenvalue weighted by molar-refractivity contribution is 6.00. The Morgan fingerprint density at radius 1 is 1.18 bits per heavy atom. The largest absolute Gasteiger partial charge is 0.380 e. The molecule has 0 radical (unpaired) electrons. The molecule has 1 aliphatic rings. The summed E-state index contributed by atoms with van der Waals surface area (Å²) in [6.07, 6.45) is 0.348. The summed E-state index contributed by atoms with van der Waals surface area (Å²) < 4.78 is 5.07. The Morgan fingerprint density at radius 2 is 1.91 bits per heavy atom. The highest BCUT2D eigenvalue weighted by atomic mass is 16.5. The van der Waals surface area contributed by atoms with Gasteiger partial charge in [-0.1, -0.05) is 5.16 Å². The first-order valence-electron chi connectivity index (χ1n) is 11.0. The molecule has 1 fully saturated rings. The number of nitrogens with one attached hydrogen (secondary N) is 1. The van der Waals surface area contributed by atoms with E-state index in [1.54, 1.807) is 35.0 Å². The van der Waals surface area contributed by atoms with Gasteiger partial charge in [-0.3, -0.25) is 14.4 Å². The highest BCUT2D eigenvalue weighted by Gasteiger charge is 2.31. The van der Waals surface area contributed by atoms with E-state index in [1.807, 2.05) is 43.3 Å². The number of carbonyl (C=O) groups is 3. The lowest BCUT2D eigenvalue weighted by atomic mass is 10.1. The summed E-state index contributed by atoms with van der Waals surface area (Å²) in [4.78, 5) is 42.6. The van der Waals surface area contributed by atoms with Gasteiger partial charge in [0.25, 0.3) is 5.91 Å². The zero-order valence-corrected chi connectivity index (χ0v) is 19.4. The van der Waals surface area contributed by atoms with E-state index in [0.29, 0.717) is 42.6 Å². The van der Waals surface area contributed by atoms with E-state index in [1.165, 1.54) is 0 Å². The van der Waals surface area contributed by atoms with Crippen LogP contribution in [-0.2, 0) is 9.59 Å². The van der Waals surface area contributed by atoms with E-state index in [2.05, 4.69) is 10.5 Å². The molecule has 10 nitrogen and oxygen atoms in total. The maximum Gasteiger partial charge on any atom is 0.251 e. The molecule has 1 unspecified atom stereocenters. The summed E-state index contributed by atoms with van der Waals surface area (Å²) in [5.41, 5.74) is 8.26. The second-order valence-corrected chi connectivity index (χ2v) is 8.77. The van der Waals surface area contributed by atoms with Crippen LogP contribution in [0.2, 0.25) is 0 Å². The Hall–Kier alpha value is -3.92. The molecule has 3 N–H and O–H groups in total. The SMILES string of the molecule is CN(C)CC(=O)N(C)c1ccc(N2CC(CNC(=O)c3ccc4onc(N)c4c3)CC2=O)cc1. The molecule has 3 amide bonds. The Labute approximate surface area is 197 Å². The highest BCUT2D eigenvalue weighted by Crippen LogP contribution is 2.27. The van der Waals surface area contributed by atoms with E-state index in [9.17, 15) is 14.4 Å². The number of hydrogen-bond acceptors (Lipinski definition) is 7. The topological polar surface area (TPSA) is 125 Å². The maximum atomic E-state index is 12.6. The van der Waals surface area contributed by atoms with Gasteiger partial charge in [0.05, 0.1) is 11.9 Å². The molecule has 3 aromatic rings. The molecule has 1 aliphatic heterocycles. The Morgan fingerprint density at radius 3 is 2.62 bits per heavy atom. The van der Waals surface area contributed by atoms with E-state index >= 15 is 0 Å². The van der Waals surface area contributed by atoms with Gasteiger partial charge in [-0.15, -0.1) is 0 Å². The van der Waals surface area contributed by atoms with E-state index in [4.69, 9.17) is 10.3 Å². The number of nitrogens with two attached hydrogens (primary N) is 1. The van der Waals surface area contributed by atoms with Crippen molar-refractivity contribution in [3.05, 3.63) is 48.0 Å². The van der Waals surface area contributed by atoms with Crippen LogP contribution in [0.3, 0.4) is 0 Å². The third-order valence-corrected chi connectivity index (χ3v) is 5.89. The number of fused-ring (bicyclic) bond motifs is 1. The molecular weight excluding hydrogens is 436 g/mol. The van der Waals surface area contributed by atoms with E-state index in [0.717, 1.165) is 11.4 Å². The predicted molar refractivity (Wildman–Crippen MR) is 130 cm³/mol. The van der Waals surface area contributed by atoms with Gasteiger partial charge in [-0.2, -0.15) is 0 Å².